The molecule has 2 aliphatic rings. The molecule has 0 radical (unpaired) electrons. The number of nitrogens with one attached hydrogen (secondary N) is 1. The first-order chi connectivity index (χ1) is 9.98. The van der Waals surface area contributed by atoms with Crippen LogP contribution in [0, 0.1) is 12.8 Å². The van der Waals surface area contributed by atoms with Crippen LogP contribution in [0.4, 0.5) is 0 Å². The molecule has 1 spiro atoms. The van der Waals surface area contributed by atoms with Gasteiger partial charge in [0.25, 0.3) is 0 Å². The van der Waals surface area contributed by atoms with Gasteiger partial charge in [-0.15, -0.1) is 0 Å². The Morgan fingerprint density at radius 3 is 2.67 bits per heavy atom. The fourth-order valence-electron chi connectivity index (χ4n) is 3.36. The van der Waals surface area contributed by atoms with Crippen molar-refractivity contribution in [2.24, 2.45) is 5.92 Å². The first-order valence-corrected chi connectivity index (χ1v) is 8.15. The Morgan fingerprint density at radius 1 is 1.38 bits per heavy atom. The molecule has 1 aliphatic carbocycles. The smallest absolute Gasteiger partial charge is 0.244 e. The number of nitrogens with zero attached hydrogens (tertiary/aromatic N) is 1. The Bertz CT molecular complexity index is 550. The number of carbonyl (C=O) groups is 1. The largest absolute Gasteiger partial charge is 0.318 e. The van der Waals surface area contributed by atoms with E-state index in [1.165, 1.54) is 11.1 Å². The summed E-state index contributed by atoms with van der Waals surface area (Å²) < 4.78 is 0. The van der Waals surface area contributed by atoms with E-state index in [0.717, 1.165) is 19.3 Å². The van der Waals surface area contributed by atoms with Crippen molar-refractivity contribution in [2.45, 2.75) is 64.7 Å². The van der Waals surface area contributed by atoms with E-state index in [2.05, 4.69) is 62.2 Å². The van der Waals surface area contributed by atoms with Crippen LogP contribution in [-0.2, 0) is 4.79 Å². The van der Waals surface area contributed by atoms with Gasteiger partial charge in [0.15, 0.2) is 0 Å². The average molecular weight is 286 g/mol. The van der Waals surface area contributed by atoms with Crippen LogP contribution in [-0.4, -0.2) is 22.4 Å². The number of benzene rings is 1. The molecule has 3 heteroatoms. The maximum absolute atomic E-state index is 12.9. The molecule has 0 bridgehead atoms. The molecule has 114 valence electrons. The lowest BCUT2D eigenvalue weighted by atomic mass is 9.97. The summed E-state index contributed by atoms with van der Waals surface area (Å²) in [7, 11) is 0. The minimum Gasteiger partial charge on any atom is -0.318 e. The van der Waals surface area contributed by atoms with Crippen LogP contribution in [0.15, 0.2) is 24.3 Å². The van der Waals surface area contributed by atoms with Gasteiger partial charge >= 0.3 is 0 Å². The first-order valence-electron chi connectivity index (χ1n) is 8.15. The van der Waals surface area contributed by atoms with E-state index in [0.29, 0.717) is 11.8 Å². The number of carbonyl (C=O) groups excluding carboxylic acids is 1. The highest BCUT2D eigenvalue weighted by molar-refractivity contribution is 5.92. The Morgan fingerprint density at radius 2 is 2.10 bits per heavy atom. The third kappa shape index (κ3) is 2.38. The van der Waals surface area contributed by atoms with Gasteiger partial charge < -0.3 is 4.90 Å². The number of hydrogen-bond donors (Lipinski definition) is 1. The van der Waals surface area contributed by atoms with Crippen LogP contribution >= 0.6 is 0 Å². The molecule has 21 heavy (non-hydrogen) atoms. The van der Waals surface area contributed by atoms with E-state index in [1.54, 1.807) is 0 Å². The molecule has 1 saturated heterocycles. The van der Waals surface area contributed by atoms with Crippen molar-refractivity contribution < 1.29 is 4.79 Å². The number of amides is 1. The molecule has 1 aromatic rings. The summed E-state index contributed by atoms with van der Waals surface area (Å²) >= 11 is 0. The molecule has 1 amide bonds. The average Bonchev–Trinajstić information content (AvgIpc) is 3.19. The predicted molar refractivity (Wildman–Crippen MR) is 84.8 cm³/mol. The van der Waals surface area contributed by atoms with Gasteiger partial charge in [-0.05, 0) is 38.2 Å². The fourth-order valence-corrected chi connectivity index (χ4v) is 3.36. The highest BCUT2D eigenvalue weighted by Crippen LogP contribution is 2.47. The van der Waals surface area contributed by atoms with Gasteiger partial charge in [-0.1, -0.05) is 50.1 Å². The highest BCUT2D eigenvalue weighted by Gasteiger charge is 2.60. The van der Waals surface area contributed by atoms with Crippen LogP contribution in [0.3, 0.4) is 0 Å². The SMILES string of the molecule is CCC(C)C(C)N1C(=O)C2(CC2)NC1c1cccc(C)c1. The van der Waals surface area contributed by atoms with Crippen molar-refractivity contribution in [2.75, 3.05) is 0 Å². The topological polar surface area (TPSA) is 32.3 Å². The molecule has 1 saturated carbocycles. The summed E-state index contributed by atoms with van der Waals surface area (Å²) in [5.74, 6) is 0.818. The lowest BCUT2D eigenvalue weighted by Crippen LogP contribution is -2.42. The van der Waals surface area contributed by atoms with E-state index >= 15 is 0 Å². The monoisotopic (exact) mass is 286 g/mol. The molecule has 3 nitrogen and oxygen atoms in total. The summed E-state index contributed by atoms with van der Waals surface area (Å²) in [6.07, 6.45) is 3.10. The van der Waals surface area contributed by atoms with Gasteiger partial charge in [-0.3, -0.25) is 10.1 Å². The van der Waals surface area contributed by atoms with Gasteiger partial charge in [-0.2, -0.15) is 0 Å². The normalized spacial score (nSPS) is 26.2. The van der Waals surface area contributed by atoms with Gasteiger partial charge in [0.1, 0.15) is 11.7 Å². The summed E-state index contributed by atoms with van der Waals surface area (Å²) in [6, 6.07) is 8.79. The van der Waals surface area contributed by atoms with E-state index < -0.39 is 0 Å². The lowest BCUT2D eigenvalue weighted by molar-refractivity contribution is -0.133. The van der Waals surface area contributed by atoms with Crippen molar-refractivity contribution in [3.05, 3.63) is 35.4 Å². The Hall–Kier alpha value is -1.35. The summed E-state index contributed by atoms with van der Waals surface area (Å²) in [4.78, 5) is 15.0. The lowest BCUT2D eigenvalue weighted by Gasteiger charge is -2.34. The summed E-state index contributed by atoms with van der Waals surface area (Å²) in [6.45, 7) is 8.74. The predicted octanol–water partition coefficient (Wildman–Crippen LogP) is 3.39. The molecule has 3 unspecified atom stereocenters. The maximum Gasteiger partial charge on any atom is 0.244 e. The Labute approximate surface area is 127 Å². The second kappa shape index (κ2) is 5.13. The molecule has 3 rings (SSSR count). The van der Waals surface area contributed by atoms with E-state index in [4.69, 9.17) is 0 Å². The summed E-state index contributed by atoms with van der Waals surface area (Å²) in [5, 5.41) is 3.62. The third-order valence-electron chi connectivity index (χ3n) is 5.35. The number of rotatable bonds is 4. The van der Waals surface area contributed by atoms with Crippen LogP contribution in [0.1, 0.15) is 57.3 Å². The van der Waals surface area contributed by atoms with Crippen LogP contribution in [0.5, 0.6) is 0 Å². The molecule has 1 N–H and O–H groups in total. The fraction of sp³-hybridized carbons (Fsp3) is 0.611. The molecule has 0 aromatic heterocycles. The third-order valence-corrected chi connectivity index (χ3v) is 5.35. The van der Waals surface area contributed by atoms with Crippen LogP contribution in [0.2, 0.25) is 0 Å². The van der Waals surface area contributed by atoms with Crippen molar-refractivity contribution in [3.8, 4) is 0 Å². The second-order valence-electron chi connectivity index (χ2n) is 6.88. The maximum atomic E-state index is 12.9. The second-order valence-corrected chi connectivity index (χ2v) is 6.88. The summed E-state index contributed by atoms with van der Waals surface area (Å²) in [5.41, 5.74) is 2.20. The molecule has 1 heterocycles. The molecule has 2 fully saturated rings. The minimum absolute atomic E-state index is 0.0314. The minimum atomic E-state index is -0.254. The van der Waals surface area contributed by atoms with E-state index in [-0.39, 0.29) is 17.7 Å². The number of hydrogen-bond acceptors (Lipinski definition) is 2. The Kier molecular flexibility index (Phi) is 3.56. The van der Waals surface area contributed by atoms with Crippen LogP contribution in [0.25, 0.3) is 0 Å². The van der Waals surface area contributed by atoms with Crippen molar-refractivity contribution >= 4 is 5.91 Å². The zero-order valence-electron chi connectivity index (χ0n) is 13.5. The van der Waals surface area contributed by atoms with Crippen molar-refractivity contribution in [3.63, 3.8) is 0 Å². The molecule has 3 atom stereocenters. The molecular weight excluding hydrogens is 260 g/mol. The van der Waals surface area contributed by atoms with Gasteiger partial charge in [-0.25, -0.2) is 0 Å². The number of aryl methyl sites for hydroxylation is 1. The molecular formula is C18H26N2O. The standard InChI is InChI=1S/C18H26N2O/c1-5-13(3)14(4)20-16(15-8-6-7-12(2)11-15)19-18(9-10-18)17(20)21/h6-8,11,13-14,16,19H,5,9-10H2,1-4H3. The first kappa shape index (κ1) is 14.6. The van der Waals surface area contributed by atoms with Crippen molar-refractivity contribution in [1.82, 2.24) is 10.2 Å². The zero-order valence-corrected chi connectivity index (χ0v) is 13.5. The zero-order chi connectivity index (χ0) is 15.2. The van der Waals surface area contributed by atoms with Crippen molar-refractivity contribution in [1.29, 1.82) is 0 Å². The quantitative estimate of drug-likeness (QED) is 0.920. The van der Waals surface area contributed by atoms with E-state index in [9.17, 15) is 4.79 Å². The van der Waals surface area contributed by atoms with Gasteiger partial charge in [0.05, 0.1) is 0 Å². The van der Waals surface area contributed by atoms with Crippen LogP contribution < -0.4 is 5.32 Å². The molecule has 1 aromatic carbocycles. The molecule has 1 aliphatic heterocycles. The van der Waals surface area contributed by atoms with Gasteiger partial charge in [0, 0.05) is 6.04 Å². The highest BCUT2D eigenvalue weighted by atomic mass is 16.2. The Balaban J connectivity index is 1.95. The van der Waals surface area contributed by atoms with E-state index in [1.807, 2.05) is 0 Å². The van der Waals surface area contributed by atoms with Gasteiger partial charge in [0.2, 0.25) is 5.91 Å².